The summed E-state index contributed by atoms with van der Waals surface area (Å²) in [5.41, 5.74) is 1.54. The van der Waals surface area contributed by atoms with Crippen LogP contribution in [0, 0.1) is 0 Å². The maximum Gasteiger partial charge on any atom is 0.255 e. The minimum absolute atomic E-state index is 0.142. The van der Waals surface area contributed by atoms with Gasteiger partial charge in [-0.25, -0.2) is 0 Å². The van der Waals surface area contributed by atoms with Crippen LogP contribution in [0.3, 0.4) is 0 Å². The van der Waals surface area contributed by atoms with Crippen LogP contribution in [0.15, 0.2) is 22.7 Å². The van der Waals surface area contributed by atoms with Crippen LogP contribution in [0.2, 0.25) is 0 Å². The van der Waals surface area contributed by atoms with Crippen molar-refractivity contribution in [1.29, 1.82) is 0 Å². The van der Waals surface area contributed by atoms with Gasteiger partial charge in [0.15, 0.2) is 0 Å². The molecule has 0 aromatic heterocycles. The number of piperidine rings is 1. The van der Waals surface area contributed by atoms with Crippen molar-refractivity contribution >= 4 is 33.7 Å². The third kappa shape index (κ3) is 2.06. The summed E-state index contributed by atoms with van der Waals surface area (Å²) in [6.07, 6.45) is 0.672. The fourth-order valence-corrected chi connectivity index (χ4v) is 2.95. The number of rotatable bonds is 1. The van der Waals surface area contributed by atoms with Gasteiger partial charge in [0.1, 0.15) is 6.04 Å². The van der Waals surface area contributed by atoms with Crippen LogP contribution >= 0.6 is 15.9 Å². The smallest absolute Gasteiger partial charge is 0.255 e. The van der Waals surface area contributed by atoms with Crippen molar-refractivity contribution in [2.24, 2.45) is 0 Å². The molecule has 5 nitrogen and oxygen atoms in total. The predicted octanol–water partition coefficient (Wildman–Crippen LogP) is 1.21. The Morgan fingerprint density at radius 2 is 2.05 bits per heavy atom. The number of hydrogen-bond donors (Lipinski definition) is 1. The van der Waals surface area contributed by atoms with Gasteiger partial charge in [0.25, 0.3) is 5.91 Å². The molecule has 1 saturated heterocycles. The number of benzene rings is 1. The van der Waals surface area contributed by atoms with Crippen LogP contribution in [0.4, 0.5) is 0 Å². The topological polar surface area (TPSA) is 66.5 Å². The van der Waals surface area contributed by atoms with Crippen molar-refractivity contribution in [2.75, 3.05) is 0 Å². The molecule has 1 aromatic rings. The number of hydrogen-bond acceptors (Lipinski definition) is 3. The molecule has 0 radical (unpaired) electrons. The zero-order valence-electron chi connectivity index (χ0n) is 9.98. The van der Waals surface area contributed by atoms with Crippen molar-refractivity contribution in [3.63, 3.8) is 0 Å². The summed E-state index contributed by atoms with van der Waals surface area (Å²) in [5.74, 6) is -0.790. The summed E-state index contributed by atoms with van der Waals surface area (Å²) in [7, 11) is 0. The van der Waals surface area contributed by atoms with E-state index in [-0.39, 0.29) is 24.1 Å². The van der Waals surface area contributed by atoms with Crippen LogP contribution in [0.1, 0.15) is 28.8 Å². The van der Waals surface area contributed by atoms with E-state index in [0.717, 1.165) is 10.0 Å². The van der Waals surface area contributed by atoms with Gasteiger partial charge in [-0.1, -0.05) is 15.9 Å². The lowest BCUT2D eigenvalue weighted by Gasteiger charge is -2.29. The molecule has 1 atom stereocenters. The largest absolute Gasteiger partial charge is 0.322 e. The van der Waals surface area contributed by atoms with E-state index in [1.54, 1.807) is 11.0 Å². The Hall–Kier alpha value is -1.69. The number of amides is 3. The summed E-state index contributed by atoms with van der Waals surface area (Å²) < 4.78 is 0.907. The maximum absolute atomic E-state index is 12.3. The molecule has 3 rings (SSSR count). The average Bonchev–Trinajstić information content (AvgIpc) is 2.66. The van der Waals surface area contributed by atoms with E-state index in [1.165, 1.54) is 0 Å². The van der Waals surface area contributed by atoms with Crippen LogP contribution in [0.5, 0.6) is 0 Å². The van der Waals surface area contributed by atoms with Crippen molar-refractivity contribution in [3.8, 4) is 0 Å². The lowest BCUT2D eigenvalue weighted by molar-refractivity contribution is -0.136. The van der Waals surface area contributed by atoms with Crippen LogP contribution in [-0.2, 0) is 16.1 Å². The molecule has 0 bridgehead atoms. The maximum atomic E-state index is 12.3. The lowest BCUT2D eigenvalue weighted by Crippen LogP contribution is -2.52. The van der Waals surface area contributed by atoms with Crippen LogP contribution < -0.4 is 5.32 Å². The Balaban J connectivity index is 1.87. The number of halogens is 1. The Labute approximate surface area is 118 Å². The summed E-state index contributed by atoms with van der Waals surface area (Å²) in [6.45, 7) is 0.417. The molecule has 2 aliphatic rings. The average molecular weight is 323 g/mol. The van der Waals surface area contributed by atoms with Gasteiger partial charge in [-0.05, 0) is 30.2 Å². The highest BCUT2D eigenvalue weighted by Gasteiger charge is 2.38. The molecule has 0 aliphatic carbocycles. The molecule has 1 fully saturated rings. The number of nitrogens with zero attached hydrogens (tertiary/aromatic N) is 1. The minimum atomic E-state index is -0.545. The molecule has 98 valence electrons. The molecule has 1 N–H and O–H groups in total. The van der Waals surface area contributed by atoms with Gasteiger partial charge in [-0.15, -0.1) is 0 Å². The predicted molar refractivity (Wildman–Crippen MR) is 70.2 cm³/mol. The Morgan fingerprint density at radius 3 is 2.79 bits per heavy atom. The normalized spacial score (nSPS) is 22.5. The highest BCUT2D eigenvalue weighted by molar-refractivity contribution is 9.10. The first-order chi connectivity index (χ1) is 9.06. The third-order valence-corrected chi connectivity index (χ3v) is 3.98. The first kappa shape index (κ1) is 12.3. The molecule has 0 saturated carbocycles. The molecule has 2 aliphatic heterocycles. The van der Waals surface area contributed by atoms with Crippen molar-refractivity contribution in [3.05, 3.63) is 33.8 Å². The molecule has 3 amide bonds. The van der Waals surface area contributed by atoms with E-state index in [9.17, 15) is 14.4 Å². The third-order valence-electron chi connectivity index (χ3n) is 3.49. The van der Waals surface area contributed by atoms with E-state index < -0.39 is 6.04 Å². The van der Waals surface area contributed by atoms with Crippen molar-refractivity contribution < 1.29 is 14.4 Å². The first-order valence-corrected chi connectivity index (χ1v) is 6.78. The number of carbonyl (C=O) groups excluding carboxylic acids is 3. The van der Waals surface area contributed by atoms with E-state index in [4.69, 9.17) is 0 Å². The highest BCUT2D eigenvalue weighted by Crippen LogP contribution is 2.29. The monoisotopic (exact) mass is 322 g/mol. The number of fused-ring (bicyclic) bond motifs is 1. The lowest BCUT2D eigenvalue weighted by atomic mass is 10.0. The second-order valence-corrected chi connectivity index (χ2v) is 5.62. The highest BCUT2D eigenvalue weighted by atomic mass is 79.9. The van der Waals surface area contributed by atoms with Gasteiger partial charge in [0, 0.05) is 23.0 Å². The van der Waals surface area contributed by atoms with Gasteiger partial charge >= 0.3 is 0 Å². The number of nitrogens with one attached hydrogen (secondary N) is 1. The summed E-state index contributed by atoms with van der Waals surface area (Å²) >= 11 is 3.37. The van der Waals surface area contributed by atoms with Crippen molar-refractivity contribution in [1.82, 2.24) is 10.2 Å². The standard InChI is InChI=1S/C13H11BrN2O3/c14-8-1-2-9-7(5-8)6-16(13(9)19)10-3-4-11(17)15-12(10)18/h1-2,5,10H,3-4,6H2,(H,15,17,18)/t10-/m0/s1. The fourth-order valence-electron chi connectivity index (χ4n) is 2.54. The molecular weight excluding hydrogens is 312 g/mol. The fraction of sp³-hybridized carbons (Fsp3) is 0.308. The van der Waals surface area contributed by atoms with Crippen LogP contribution in [-0.4, -0.2) is 28.7 Å². The summed E-state index contributed by atoms with van der Waals surface area (Å²) in [4.78, 5) is 36.8. The second kappa shape index (κ2) is 4.45. The second-order valence-electron chi connectivity index (χ2n) is 4.70. The van der Waals surface area contributed by atoms with Gasteiger partial charge in [-0.2, -0.15) is 0 Å². The summed E-state index contributed by atoms with van der Waals surface area (Å²) in [6, 6.07) is 4.91. The Morgan fingerprint density at radius 1 is 1.26 bits per heavy atom. The molecule has 0 unspecified atom stereocenters. The number of carbonyl (C=O) groups is 3. The van der Waals surface area contributed by atoms with Gasteiger partial charge < -0.3 is 4.90 Å². The first-order valence-electron chi connectivity index (χ1n) is 5.99. The molecular formula is C13H11BrN2O3. The van der Waals surface area contributed by atoms with Gasteiger partial charge in [-0.3, -0.25) is 19.7 Å². The zero-order chi connectivity index (χ0) is 13.6. The number of imide groups is 1. The van der Waals surface area contributed by atoms with Gasteiger partial charge in [0.2, 0.25) is 11.8 Å². The molecule has 19 heavy (non-hydrogen) atoms. The Kier molecular flexibility index (Phi) is 2.89. The molecule has 6 heteroatoms. The molecule has 0 spiro atoms. The van der Waals surface area contributed by atoms with Gasteiger partial charge in [0.05, 0.1) is 0 Å². The molecule has 2 heterocycles. The summed E-state index contributed by atoms with van der Waals surface area (Å²) in [5, 5.41) is 2.28. The quantitative estimate of drug-likeness (QED) is 0.790. The van der Waals surface area contributed by atoms with E-state index in [1.807, 2.05) is 12.1 Å². The molecule has 1 aromatic carbocycles. The SMILES string of the molecule is O=C1CC[C@H](N2Cc3cc(Br)ccc3C2=O)C(=O)N1. The Bertz CT molecular complexity index is 600. The van der Waals surface area contributed by atoms with E-state index >= 15 is 0 Å². The van der Waals surface area contributed by atoms with Crippen LogP contribution in [0.25, 0.3) is 0 Å². The zero-order valence-corrected chi connectivity index (χ0v) is 11.6. The van der Waals surface area contributed by atoms with Crippen molar-refractivity contribution in [2.45, 2.75) is 25.4 Å². The minimum Gasteiger partial charge on any atom is -0.322 e. The van der Waals surface area contributed by atoms with E-state index in [0.29, 0.717) is 18.5 Å². The van der Waals surface area contributed by atoms with E-state index in [2.05, 4.69) is 21.2 Å².